The van der Waals surface area contributed by atoms with E-state index in [-0.39, 0.29) is 17.3 Å². The first-order chi connectivity index (χ1) is 8.99. The van der Waals surface area contributed by atoms with E-state index in [1.54, 1.807) is 17.9 Å². The molecule has 0 spiro atoms. The highest BCUT2D eigenvalue weighted by Crippen LogP contribution is 2.09. The van der Waals surface area contributed by atoms with Crippen LogP contribution >= 0.6 is 0 Å². The molecule has 8 nitrogen and oxygen atoms in total. The van der Waals surface area contributed by atoms with Crippen LogP contribution in [0.4, 0.5) is 5.82 Å². The van der Waals surface area contributed by atoms with Crippen LogP contribution in [0.1, 0.15) is 5.82 Å². The Morgan fingerprint density at radius 3 is 2.89 bits per heavy atom. The molecule has 2 aromatic rings. The smallest absolute Gasteiger partial charge is 0.240 e. The Hall–Kier alpha value is -2.00. The van der Waals surface area contributed by atoms with Crippen molar-refractivity contribution in [1.29, 1.82) is 0 Å². The summed E-state index contributed by atoms with van der Waals surface area (Å²) in [5, 5.41) is 7.59. The molecule has 0 aliphatic heterocycles. The molecule has 0 aliphatic rings. The topological polar surface area (TPSA) is 116 Å². The molecule has 102 valence electrons. The quantitative estimate of drug-likeness (QED) is 0.750. The van der Waals surface area contributed by atoms with Gasteiger partial charge in [0.05, 0.1) is 4.90 Å². The summed E-state index contributed by atoms with van der Waals surface area (Å²) in [6, 6.07) is 2.70. The van der Waals surface area contributed by atoms with Gasteiger partial charge in [0.25, 0.3) is 0 Å². The molecule has 0 saturated heterocycles. The second kappa shape index (κ2) is 5.33. The lowest BCUT2D eigenvalue weighted by molar-refractivity contribution is 0.580. The van der Waals surface area contributed by atoms with Crippen LogP contribution in [0.25, 0.3) is 0 Å². The minimum atomic E-state index is -3.58. The number of anilines is 1. The summed E-state index contributed by atoms with van der Waals surface area (Å²) in [5.41, 5.74) is 5.46. The third-order valence-electron chi connectivity index (χ3n) is 2.51. The Balaban J connectivity index is 2.01. The van der Waals surface area contributed by atoms with Gasteiger partial charge in [-0.3, -0.25) is 0 Å². The van der Waals surface area contributed by atoms with E-state index in [4.69, 9.17) is 5.73 Å². The number of nitrogen functional groups attached to an aromatic ring is 1. The molecule has 0 atom stereocenters. The van der Waals surface area contributed by atoms with E-state index in [1.165, 1.54) is 18.3 Å². The van der Waals surface area contributed by atoms with Crippen molar-refractivity contribution >= 4 is 15.8 Å². The number of nitrogens with one attached hydrogen (secondary N) is 1. The van der Waals surface area contributed by atoms with Crippen molar-refractivity contribution in [2.75, 3.05) is 12.3 Å². The Labute approximate surface area is 110 Å². The number of sulfonamides is 1. The van der Waals surface area contributed by atoms with Gasteiger partial charge in [-0.25, -0.2) is 18.1 Å². The Bertz CT molecular complexity index is 666. The third-order valence-corrected chi connectivity index (χ3v) is 3.97. The minimum Gasteiger partial charge on any atom is -0.384 e. The molecular weight excluding hydrogens is 268 g/mol. The first-order valence-electron chi connectivity index (χ1n) is 5.53. The van der Waals surface area contributed by atoms with Crippen LogP contribution in [-0.2, 0) is 23.5 Å². The second-order valence-corrected chi connectivity index (χ2v) is 5.69. The van der Waals surface area contributed by atoms with E-state index < -0.39 is 10.0 Å². The summed E-state index contributed by atoms with van der Waals surface area (Å²) in [6.07, 6.45) is 3.37. The van der Waals surface area contributed by atoms with Crippen LogP contribution in [-0.4, -0.2) is 34.7 Å². The summed E-state index contributed by atoms with van der Waals surface area (Å²) in [5.74, 6) is 0.869. The van der Waals surface area contributed by atoms with E-state index in [0.29, 0.717) is 12.2 Å². The number of nitrogens with zero attached hydrogens (tertiary/aromatic N) is 4. The maximum Gasteiger partial charge on any atom is 0.240 e. The van der Waals surface area contributed by atoms with E-state index >= 15 is 0 Å². The van der Waals surface area contributed by atoms with Crippen LogP contribution in [0, 0.1) is 0 Å². The van der Waals surface area contributed by atoms with Gasteiger partial charge in [0, 0.05) is 32.3 Å². The molecule has 0 aromatic carbocycles. The van der Waals surface area contributed by atoms with Crippen LogP contribution in [0.3, 0.4) is 0 Å². The van der Waals surface area contributed by atoms with Crippen molar-refractivity contribution in [3.63, 3.8) is 0 Å². The zero-order valence-corrected chi connectivity index (χ0v) is 11.1. The van der Waals surface area contributed by atoms with Crippen LogP contribution in [0.2, 0.25) is 0 Å². The second-order valence-electron chi connectivity index (χ2n) is 3.92. The predicted molar refractivity (Wildman–Crippen MR) is 68.5 cm³/mol. The average molecular weight is 282 g/mol. The molecule has 0 amide bonds. The van der Waals surface area contributed by atoms with Gasteiger partial charge in [0.2, 0.25) is 10.0 Å². The van der Waals surface area contributed by atoms with Crippen molar-refractivity contribution < 1.29 is 8.42 Å². The molecule has 19 heavy (non-hydrogen) atoms. The number of nitrogens with two attached hydrogens (primary N) is 1. The third kappa shape index (κ3) is 3.26. The predicted octanol–water partition coefficient (Wildman–Crippen LogP) is -0.687. The number of aromatic nitrogens is 4. The average Bonchev–Trinajstić information content (AvgIpc) is 2.75. The SMILES string of the molecule is Cn1cnnc1CCNS(=O)(=O)c1ccnc(N)c1. The summed E-state index contributed by atoms with van der Waals surface area (Å²) in [4.78, 5) is 3.85. The summed E-state index contributed by atoms with van der Waals surface area (Å²) >= 11 is 0. The lowest BCUT2D eigenvalue weighted by Gasteiger charge is -2.06. The summed E-state index contributed by atoms with van der Waals surface area (Å²) in [7, 11) is -1.78. The van der Waals surface area contributed by atoms with Gasteiger partial charge >= 0.3 is 0 Å². The van der Waals surface area contributed by atoms with Crippen LogP contribution < -0.4 is 10.5 Å². The Morgan fingerprint density at radius 1 is 1.47 bits per heavy atom. The highest BCUT2D eigenvalue weighted by atomic mass is 32.2. The Kier molecular flexibility index (Phi) is 3.76. The lowest BCUT2D eigenvalue weighted by atomic mass is 10.4. The molecule has 3 N–H and O–H groups in total. The number of pyridine rings is 1. The van der Waals surface area contributed by atoms with E-state index in [1.807, 2.05) is 0 Å². The van der Waals surface area contributed by atoms with Gasteiger partial charge in [-0.15, -0.1) is 10.2 Å². The standard InChI is InChI=1S/C10H14N6O2S/c1-16-7-13-15-10(16)3-5-14-19(17,18)8-2-4-12-9(11)6-8/h2,4,6-7,14H,3,5H2,1H3,(H2,11,12). The number of hydrogen-bond donors (Lipinski definition) is 2. The van der Waals surface area contributed by atoms with Gasteiger partial charge in [-0.1, -0.05) is 0 Å². The molecule has 2 heterocycles. The summed E-state index contributed by atoms with van der Waals surface area (Å²) < 4.78 is 28.1. The van der Waals surface area contributed by atoms with Gasteiger partial charge in [-0.05, 0) is 6.07 Å². The Morgan fingerprint density at radius 2 is 2.26 bits per heavy atom. The normalized spacial score (nSPS) is 11.6. The van der Waals surface area contributed by atoms with Crippen molar-refractivity contribution in [2.24, 2.45) is 7.05 Å². The zero-order valence-electron chi connectivity index (χ0n) is 10.3. The molecule has 9 heteroatoms. The molecule has 2 aromatic heterocycles. The van der Waals surface area contributed by atoms with Gasteiger partial charge in [0.1, 0.15) is 18.0 Å². The van der Waals surface area contributed by atoms with Gasteiger partial charge in [-0.2, -0.15) is 0 Å². The number of aryl methyl sites for hydroxylation is 1. The number of rotatable bonds is 5. The first-order valence-corrected chi connectivity index (χ1v) is 7.01. The zero-order chi connectivity index (χ0) is 13.9. The van der Waals surface area contributed by atoms with E-state index in [0.717, 1.165) is 0 Å². The maximum absolute atomic E-state index is 12.0. The number of hydrogen-bond acceptors (Lipinski definition) is 6. The molecule has 0 aliphatic carbocycles. The van der Waals surface area contributed by atoms with Crippen molar-refractivity contribution in [3.05, 3.63) is 30.5 Å². The van der Waals surface area contributed by atoms with Crippen molar-refractivity contribution in [2.45, 2.75) is 11.3 Å². The highest BCUT2D eigenvalue weighted by Gasteiger charge is 2.14. The first kappa shape index (κ1) is 13.4. The van der Waals surface area contributed by atoms with Crippen LogP contribution in [0.15, 0.2) is 29.6 Å². The molecule has 0 saturated carbocycles. The molecular formula is C10H14N6O2S. The highest BCUT2D eigenvalue weighted by molar-refractivity contribution is 7.89. The lowest BCUT2D eigenvalue weighted by Crippen LogP contribution is -2.26. The van der Waals surface area contributed by atoms with Crippen molar-refractivity contribution in [3.8, 4) is 0 Å². The fourth-order valence-electron chi connectivity index (χ4n) is 1.51. The maximum atomic E-state index is 12.0. The van der Waals surface area contributed by atoms with Gasteiger partial charge in [0.15, 0.2) is 0 Å². The van der Waals surface area contributed by atoms with Crippen LogP contribution in [0.5, 0.6) is 0 Å². The molecule has 0 unspecified atom stereocenters. The minimum absolute atomic E-state index is 0.0953. The van der Waals surface area contributed by atoms with Crippen molar-refractivity contribution in [1.82, 2.24) is 24.5 Å². The fraction of sp³-hybridized carbons (Fsp3) is 0.300. The molecule has 0 fully saturated rings. The molecule has 0 bridgehead atoms. The van der Waals surface area contributed by atoms with Gasteiger partial charge < -0.3 is 10.3 Å². The van der Waals surface area contributed by atoms with E-state index in [9.17, 15) is 8.42 Å². The molecule has 2 rings (SSSR count). The molecule has 0 radical (unpaired) electrons. The monoisotopic (exact) mass is 282 g/mol. The largest absolute Gasteiger partial charge is 0.384 e. The summed E-state index contributed by atoms with van der Waals surface area (Å²) in [6.45, 7) is 0.233. The van der Waals surface area contributed by atoms with E-state index in [2.05, 4.69) is 19.9 Å². The fourth-order valence-corrected chi connectivity index (χ4v) is 2.56.